The van der Waals surface area contributed by atoms with Crippen LogP contribution in [0.15, 0.2) is 60.0 Å². The number of benzene rings is 1. The van der Waals surface area contributed by atoms with Crippen molar-refractivity contribution in [3.8, 4) is 16.9 Å². The third kappa shape index (κ3) is 3.88. The molecule has 1 amide bonds. The Labute approximate surface area is 236 Å². The fourth-order valence-corrected chi connectivity index (χ4v) is 6.48. The molecule has 10 heteroatoms. The summed E-state index contributed by atoms with van der Waals surface area (Å²) in [6.45, 7) is 12.1. The molecule has 9 nitrogen and oxygen atoms in total. The molecule has 41 heavy (non-hydrogen) atoms. The summed E-state index contributed by atoms with van der Waals surface area (Å²) < 4.78 is 19.7. The van der Waals surface area contributed by atoms with E-state index in [1.54, 1.807) is 39.9 Å². The Hall–Kier alpha value is -4.73. The van der Waals surface area contributed by atoms with Crippen molar-refractivity contribution in [2.24, 2.45) is 0 Å². The van der Waals surface area contributed by atoms with Crippen LogP contribution in [0.5, 0.6) is 0 Å². The lowest BCUT2D eigenvalue weighted by Crippen LogP contribution is -2.59. The highest BCUT2D eigenvalue weighted by Gasteiger charge is 2.42. The van der Waals surface area contributed by atoms with Gasteiger partial charge in [0, 0.05) is 48.1 Å². The van der Waals surface area contributed by atoms with E-state index in [9.17, 15) is 14.4 Å². The van der Waals surface area contributed by atoms with Crippen LogP contribution in [-0.2, 0) is 4.79 Å². The summed E-state index contributed by atoms with van der Waals surface area (Å²) in [7, 11) is 0. The summed E-state index contributed by atoms with van der Waals surface area (Å²) in [6, 6.07) is 9.17. The van der Waals surface area contributed by atoms with Crippen molar-refractivity contribution in [2.75, 3.05) is 18.0 Å². The van der Waals surface area contributed by atoms with Gasteiger partial charge in [0.1, 0.15) is 17.1 Å². The second-order valence-corrected chi connectivity index (χ2v) is 10.8. The minimum Gasteiger partial charge on any atom is -0.347 e. The molecule has 2 aliphatic heterocycles. The monoisotopic (exact) mass is 553 g/mol. The normalized spacial score (nSPS) is 19.7. The molecule has 1 fully saturated rings. The number of rotatable bonds is 4. The average Bonchev–Trinajstić information content (AvgIpc) is 2.95. The highest BCUT2D eigenvalue weighted by atomic mass is 19.1. The number of anilines is 1. The summed E-state index contributed by atoms with van der Waals surface area (Å²) in [4.78, 5) is 51.3. The number of carbonyl (C=O) groups excluding carboxylic acids is 2. The number of aryl methyl sites for hydroxylation is 1. The number of piperazine rings is 1. The van der Waals surface area contributed by atoms with Crippen LogP contribution in [0.25, 0.3) is 28.0 Å². The van der Waals surface area contributed by atoms with Gasteiger partial charge >= 0.3 is 11.3 Å². The molecule has 208 valence electrons. The minimum atomic E-state index is -0.552. The molecule has 2 aliphatic rings. The maximum atomic E-state index is 16.5. The lowest BCUT2D eigenvalue weighted by molar-refractivity contribution is -0.680. The van der Waals surface area contributed by atoms with Gasteiger partial charge in [0.15, 0.2) is 29.3 Å². The van der Waals surface area contributed by atoms with Crippen molar-refractivity contribution in [1.82, 2.24) is 19.4 Å². The molecular weight excluding hydrogens is 523 g/mol. The Morgan fingerprint density at radius 2 is 1.85 bits per heavy atom. The predicted octanol–water partition coefficient (Wildman–Crippen LogP) is 3.53. The lowest BCUT2D eigenvalue weighted by Gasteiger charge is -2.45. The van der Waals surface area contributed by atoms with Crippen molar-refractivity contribution >= 4 is 29.0 Å². The van der Waals surface area contributed by atoms with E-state index < -0.39 is 17.5 Å². The Morgan fingerprint density at radius 1 is 1.15 bits per heavy atom. The number of aldehydes is 1. The summed E-state index contributed by atoms with van der Waals surface area (Å²) in [5.41, 5.74) is 2.96. The number of nitrogens with zero attached hydrogens (tertiary/aromatic N) is 6. The average molecular weight is 554 g/mol. The fourth-order valence-electron chi connectivity index (χ4n) is 6.48. The van der Waals surface area contributed by atoms with Gasteiger partial charge in [-0.05, 0) is 52.0 Å². The molecule has 3 aromatic heterocycles. The van der Waals surface area contributed by atoms with Crippen LogP contribution in [0.2, 0.25) is 0 Å². The maximum absolute atomic E-state index is 16.5. The Morgan fingerprint density at radius 3 is 2.54 bits per heavy atom. The van der Waals surface area contributed by atoms with Crippen LogP contribution < -0.4 is 15.2 Å². The largest absolute Gasteiger partial charge is 0.442 e. The molecule has 0 saturated carbocycles. The Balaban J connectivity index is 1.71. The Bertz CT molecular complexity index is 1820. The van der Waals surface area contributed by atoms with E-state index in [4.69, 9.17) is 0 Å². The van der Waals surface area contributed by atoms with Gasteiger partial charge in [-0.15, -0.1) is 4.57 Å². The van der Waals surface area contributed by atoms with Crippen LogP contribution in [0.4, 0.5) is 10.2 Å². The molecule has 1 unspecified atom stereocenters. The highest BCUT2D eigenvalue weighted by molar-refractivity contribution is 5.91. The first-order valence-corrected chi connectivity index (χ1v) is 13.6. The maximum Gasteiger partial charge on any atom is 0.442 e. The molecule has 0 radical (unpaired) electrons. The first-order valence-electron chi connectivity index (χ1n) is 13.6. The van der Waals surface area contributed by atoms with E-state index >= 15 is 4.39 Å². The van der Waals surface area contributed by atoms with Crippen molar-refractivity contribution < 1.29 is 18.5 Å². The molecule has 1 saturated heterocycles. The summed E-state index contributed by atoms with van der Waals surface area (Å²) in [6.07, 6.45) is 3.67. The molecule has 3 atom stereocenters. The van der Waals surface area contributed by atoms with Crippen LogP contribution in [-0.4, -0.2) is 56.8 Å². The van der Waals surface area contributed by atoms with Crippen LogP contribution >= 0.6 is 0 Å². The molecule has 0 N–H and O–H groups in total. The molecule has 4 aromatic rings. The van der Waals surface area contributed by atoms with E-state index in [0.29, 0.717) is 58.7 Å². The van der Waals surface area contributed by atoms with Gasteiger partial charge < -0.3 is 9.80 Å². The number of hydrogen-bond donors (Lipinski definition) is 0. The summed E-state index contributed by atoms with van der Waals surface area (Å²) in [5.74, 6) is -0.363. The van der Waals surface area contributed by atoms with Gasteiger partial charge in [-0.1, -0.05) is 24.8 Å². The number of carbonyl (C=O) groups is 2. The van der Waals surface area contributed by atoms with Crippen LogP contribution in [0, 0.1) is 12.7 Å². The van der Waals surface area contributed by atoms with Crippen molar-refractivity contribution in [2.45, 2.75) is 45.8 Å². The first kappa shape index (κ1) is 26.5. The minimum absolute atomic E-state index is 0.165. The van der Waals surface area contributed by atoms with Gasteiger partial charge in [-0.25, -0.2) is 13.8 Å². The lowest BCUT2D eigenvalue weighted by atomic mass is 9.99. The van der Waals surface area contributed by atoms with E-state index in [2.05, 4.69) is 16.5 Å². The van der Waals surface area contributed by atoms with Gasteiger partial charge in [0.25, 0.3) is 0 Å². The number of hydrogen-bond acceptors (Lipinski definition) is 6. The zero-order valence-electron chi connectivity index (χ0n) is 23.3. The van der Waals surface area contributed by atoms with Gasteiger partial charge in [0.05, 0.1) is 0 Å². The van der Waals surface area contributed by atoms with Crippen LogP contribution in [0.1, 0.15) is 48.4 Å². The number of fused-ring (bicyclic) bond motifs is 2. The van der Waals surface area contributed by atoms with Crippen molar-refractivity contribution in [3.63, 3.8) is 0 Å². The molecule has 0 spiro atoms. The van der Waals surface area contributed by atoms with Gasteiger partial charge in [-0.3, -0.25) is 14.6 Å². The molecule has 1 aromatic carbocycles. The molecule has 6 rings (SSSR count). The number of pyridine rings is 2. The number of aromatic nitrogens is 4. The standard InChI is InChI=1S/C31H30FN6O3/c1-6-25(40)35-14-18(3)36(19(4)15-35)29-23-13-24(32)28(22-10-8-7-9-21(22)16-39)37-20(5)26-27(17(2)11-12-33-26)38(30(23)37)31(41)34-29/h6-13,16,18-20H,1,14-15H2,2-5H3/q+1/t18-,19-,20?/m0/s1. The fraction of sp³-hybridized carbons (Fsp3) is 0.290. The van der Waals surface area contributed by atoms with Gasteiger partial charge in [0.2, 0.25) is 5.91 Å². The van der Waals surface area contributed by atoms with E-state index in [1.807, 2.05) is 38.7 Å². The zero-order valence-corrected chi connectivity index (χ0v) is 23.3. The van der Waals surface area contributed by atoms with Crippen molar-refractivity contribution in [3.05, 3.63) is 88.4 Å². The SMILES string of the molecule is C=CC(=O)N1C[C@H](C)N(c2nc(=O)n3c4c2cc(F)c(-c2ccccc2C=O)[n+]4C(C)c2nccc(C)c2-3)[C@@H](C)C1. The van der Waals surface area contributed by atoms with E-state index in [1.165, 1.54) is 16.7 Å². The number of halogens is 1. The van der Waals surface area contributed by atoms with E-state index in [-0.39, 0.29) is 23.7 Å². The molecular formula is C31H30FN6O3+. The second kappa shape index (κ2) is 9.72. The quantitative estimate of drug-likeness (QED) is 0.218. The van der Waals surface area contributed by atoms with Crippen molar-refractivity contribution in [1.29, 1.82) is 0 Å². The third-order valence-electron chi connectivity index (χ3n) is 8.21. The first-order chi connectivity index (χ1) is 19.7. The number of amides is 1. The summed E-state index contributed by atoms with van der Waals surface area (Å²) >= 11 is 0. The third-order valence-corrected chi connectivity index (χ3v) is 8.21. The zero-order chi connectivity index (χ0) is 29.2. The topological polar surface area (TPSA) is 92.3 Å². The Kier molecular flexibility index (Phi) is 6.28. The smallest absolute Gasteiger partial charge is 0.347 e. The molecule has 0 aliphatic carbocycles. The molecule has 5 heterocycles. The summed E-state index contributed by atoms with van der Waals surface area (Å²) in [5, 5.41) is 0.456. The highest BCUT2D eigenvalue weighted by Crippen LogP contribution is 2.37. The molecule has 0 bridgehead atoms. The predicted molar refractivity (Wildman–Crippen MR) is 153 cm³/mol. The van der Waals surface area contributed by atoms with Crippen LogP contribution in [0.3, 0.4) is 0 Å². The van der Waals surface area contributed by atoms with E-state index in [0.717, 1.165) is 5.56 Å². The van der Waals surface area contributed by atoms with Gasteiger partial charge in [-0.2, -0.15) is 4.98 Å². The second-order valence-electron chi connectivity index (χ2n) is 10.8.